The van der Waals surface area contributed by atoms with Gasteiger partial charge < -0.3 is 10.1 Å². The van der Waals surface area contributed by atoms with Crippen LogP contribution >= 0.6 is 11.8 Å². The van der Waals surface area contributed by atoms with Crippen LogP contribution in [-0.2, 0) is 6.54 Å². The Morgan fingerprint density at radius 2 is 1.84 bits per heavy atom. The minimum Gasteiger partial charge on any atom is -0.497 e. The zero-order chi connectivity index (χ0) is 13.6. The van der Waals surface area contributed by atoms with Crippen LogP contribution in [0.1, 0.15) is 37.7 Å². The van der Waals surface area contributed by atoms with Crippen LogP contribution in [0.5, 0.6) is 5.75 Å². The van der Waals surface area contributed by atoms with Crippen LogP contribution in [0.2, 0.25) is 0 Å². The molecule has 0 amide bonds. The Kier molecular flexibility index (Phi) is 5.59. The molecule has 0 spiro atoms. The lowest BCUT2D eigenvalue weighted by Crippen LogP contribution is -2.39. The maximum atomic E-state index is 5.18. The molecule has 0 aromatic heterocycles. The summed E-state index contributed by atoms with van der Waals surface area (Å²) in [5.41, 5.74) is 1.33. The molecule has 0 aliphatic heterocycles. The van der Waals surface area contributed by atoms with Crippen molar-refractivity contribution in [2.24, 2.45) is 0 Å². The van der Waals surface area contributed by atoms with Crippen molar-refractivity contribution in [2.45, 2.75) is 43.4 Å². The molecule has 3 heteroatoms. The predicted octanol–water partition coefficient (Wildman–Crippen LogP) is 3.85. The summed E-state index contributed by atoms with van der Waals surface area (Å²) in [5.74, 6) is 0.927. The standard InChI is InChI=1S/C16H25NOS/c1-18-15-8-6-14(7-9-15)12-17-13-16(19-2)10-4-3-5-11-16/h6-9,17H,3-5,10-13H2,1-2H3. The smallest absolute Gasteiger partial charge is 0.118 e. The lowest BCUT2D eigenvalue weighted by molar-refractivity contribution is 0.379. The van der Waals surface area contributed by atoms with Crippen molar-refractivity contribution in [1.82, 2.24) is 5.32 Å². The fourth-order valence-electron chi connectivity index (χ4n) is 2.83. The van der Waals surface area contributed by atoms with Crippen LogP contribution in [0.15, 0.2) is 24.3 Å². The van der Waals surface area contributed by atoms with Crippen molar-refractivity contribution in [3.63, 3.8) is 0 Å². The van der Waals surface area contributed by atoms with Crippen LogP contribution in [-0.4, -0.2) is 24.7 Å². The van der Waals surface area contributed by atoms with Gasteiger partial charge in [-0.05, 0) is 36.8 Å². The highest BCUT2D eigenvalue weighted by molar-refractivity contribution is 8.00. The molecular formula is C16H25NOS. The number of rotatable bonds is 6. The summed E-state index contributed by atoms with van der Waals surface area (Å²) >= 11 is 2.05. The largest absolute Gasteiger partial charge is 0.497 e. The van der Waals surface area contributed by atoms with Gasteiger partial charge in [-0.3, -0.25) is 0 Å². The molecule has 1 aromatic carbocycles. The van der Waals surface area contributed by atoms with E-state index in [2.05, 4.69) is 35.5 Å². The summed E-state index contributed by atoms with van der Waals surface area (Å²) in [4.78, 5) is 0. The fourth-order valence-corrected chi connectivity index (χ4v) is 3.77. The lowest BCUT2D eigenvalue weighted by Gasteiger charge is -2.36. The molecule has 1 saturated carbocycles. The van der Waals surface area contributed by atoms with E-state index >= 15 is 0 Å². The number of ether oxygens (including phenoxy) is 1. The predicted molar refractivity (Wildman–Crippen MR) is 84.0 cm³/mol. The number of benzene rings is 1. The molecule has 0 heterocycles. The number of hydrogen-bond donors (Lipinski definition) is 1. The summed E-state index contributed by atoms with van der Waals surface area (Å²) in [6, 6.07) is 8.33. The van der Waals surface area contributed by atoms with Crippen molar-refractivity contribution in [1.29, 1.82) is 0 Å². The number of hydrogen-bond acceptors (Lipinski definition) is 3. The summed E-state index contributed by atoms with van der Waals surface area (Å²) in [6.07, 6.45) is 9.20. The number of thioether (sulfide) groups is 1. The topological polar surface area (TPSA) is 21.3 Å². The first-order chi connectivity index (χ1) is 9.28. The summed E-state index contributed by atoms with van der Waals surface area (Å²) < 4.78 is 5.66. The van der Waals surface area contributed by atoms with E-state index in [1.807, 2.05) is 12.1 Å². The van der Waals surface area contributed by atoms with Crippen molar-refractivity contribution in [3.05, 3.63) is 29.8 Å². The third kappa shape index (κ3) is 4.15. The monoisotopic (exact) mass is 279 g/mol. The van der Waals surface area contributed by atoms with E-state index in [-0.39, 0.29) is 0 Å². The van der Waals surface area contributed by atoms with Crippen molar-refractivity contribution in [3.8, 4) is 5.75 Å². The molecule has 1 aliphatic rings. The molecule has 106 valence electrons. The van der Waals surface area contributed by atoms with Crippen molar-refractivity contribution >= 4 is 11.8 Å². The highest BCUT2D eigenvalue weighted by Crippen LogP contribution is 2.37. The second kappa shape index (κ2) is 7.20. The first-order valence-electron chi connectivity index (χ1n) is 7.17. The van der Waals surface area contributed by atoms with Crippen LogP contribution in [0, 0.1) is 0 Å². The highest BCUT2D eigenvalue weighted by Gasteiger charge is 2.30. The fraction of sp³-hybridized carbons (Fsp3) is 0.625. The van der Waals surface area contributed by atoms with Crippen LogP contribution < -0.4 is 10.1 Å². The van der Waals surface area contributed by atoms with Gasteiger partial charge in [0, 0.05) is 17.8 Å². The Labute approximate surface area is 121 Å². The number of nitrogens with one attached hydrogen (secondary N) is 1. The van der Waals surface area contributed by atoms with Crippen LogP contribution in [0.4, 0.5) is 0 Å². The third-order valence-electron chi connectivity index (χ3n) is 4.13. The Hall–Kier alpha value is -0.670. The van der Waals surface area contributed by atoms with Gasteiger partial charge in [0.1, 0.15) is 5.75 Å². The van der Waals surface area contributed by atoms with E-state index in [1.54, 1.807) is 7.11 Å². The van der Waals surface area contributed by atoms with Gasteiger partial charge in [0.2, 0.25) is 0 Å². The molecular weight excluding hydrogens is 254 g/mol. The number of methoxy groups -OCH3 is 1. The van der Waals surface area contributed by atoms with Gasteiger partial charge >= 0.3 is 0 Å². The zero-order valence-electron chi connectivity index (χ0n) is 12.1. The first kappa shape index (κ1) is 14.7. The molecule has 2 nitrogen and oxygen atoms in total. The Morgan fingerprint density at radius 1 is 1.16 bits per heavy atom. The van der Waals surface area contributed by atoms with E-state index in [4.69, 9.17) is 4.74 Å². The molecule has 1 fully saturated rings. The normalized spacial score (nSPS) is 18.2. The second-order valence-electron chi connectivity index (χ2n) is 5.40. The van der Waals surface area contributed by atoms with E-state index in [0.29, 0.717) is 4.75 Å². The Morgan fingerprint density at radius 3 is 2.42 bits per heavy atom. The molecule has 1 N–H and O–H groups in total. The summed E-state index contributed by atoms with van der Waals surface area (Å²) in [6.45, 7) is 2.08. The summed E-state index contributed by atoms with van der Waals surface area (Å²) in [7, 11) is 1.71. The lowest BCUT2D eigenvalue weighted by atomic mass is 9.88. The molecule has 1 aromatic rings. The third-order valence-corrected chi connectivity index (χ3v) is 5.55. The minimum atomic E-state index is 0.477. The van der Waals surface area contributed by atoms with Gasteiger partial charge in [-0.2, -0.15) is 11.8 Å². The van der Waals surface area contributed by atoms with Gasteiger partial charge in [0.25, 0.3) is 0 Å². The van der Waals surface area contributed by atoms with Crippen molar-refractivity contribution in [2.75, 3.05) is 19.9 Å². The molecule has 19 heavy (non-hydrogen) atoms. The van der Waals surface area contributed by atoms with E-state index < -0.39 is 0 Å². The average Bonchev–Trinajstić information content (AvgIpc) is 2.49. The zero-order valence-corrected chi connectivity index (χ0v) is 12.9. The molecule has 0 radical (unpaired) electrons. The maximum absolute atomic E-state index is 5.18. The minimum absolute atomic E-state index is 0.477. The molecule has 0 bridgehead atoms. The SMILES string of the molecule is COc1ccc(CNCC2(SC)CCCCC2)cc1. The average molecular weight is 279 g/mol. The van der Waals surface area contributed by atoms with Crippen molar-refractivity contribution < 1.29 is 4.74 Å². The van der Waals surface area contributed by atoms with E-state index in [1.165, 1.54) is 37.7 Å². The van der Waals surface area contributed by atoms with Gasteiger partial charge in [0.15, 0.2) is 0 Å². The van der Waals surface area contributed by atoms with E-state index in [0.717, 1.165) is 18.8 Å². The maximum Gasteiger partial charge on any atom is 0.118 e. The van der Waals surface area contributed by atoms with Crippen LogP contribution in [0.25, 0.3) is 0 Å². The van der Waals surface area contributed by atoms with E-state index in [9.17, 15) is 0 Å². The Balaban J connectivity index is 1.81. The Bertz CT molecular complexity index is 371. The van der Waals surface area contributed by atoms with Gasteiger partial charge in [-0.15, -0.1) is 0 Å². The summed E-state index contributed by atoms with van der Waals surface area (Å²) in [5, 5.41) is 3.64. The quantitative estimate of drug-likeness (QED) is 0.854. The van der Waals surface area contributed by atoms with Gasteiger partial charge in [-0.1, -0.05) is 31.4 Å². The second-order valence-corrected chi connectivity index (χ2v) is 6.67. The first-order valence-corrected chi connectivity index (χ1v) is 8.39. The molecule has 0 unspecified atom stereocenters. The van der Waals surface area contributed by atoms with Crippen LogP contribution in [0.3, 0.4) is 0 Å². The molecule has 1 aliphatic carbocycles. The molecule has 0 atom stereocenters. The van der Waals surface area contributed by atoms with Gasteiger partial charge in [0.05, 0.1) is 7.11 Å². The molecule has 2 rings (SSSR count). The molecule has 0 saturated heterocycles. The van der Waals surface area contributed by atoms with Gasteiger partial charge in [-0.25, -0.2) is 0 Å². The highest BCUT2D eigenvalue weighted by atomic mass is 32.2.